The van der Waals surface area contributed by atoms with Gasteiger partial charge in [-0.3, -0.25) is 14.1 Å². The largest absolute Gasteiger partial charge is 0.469 e. The van der Waals surface area contributed by atoms with Crippen molar-refractivity contribution in [3.05, 3.63) is 0 Å². The van der Waals surface area contributed by atoms with Crippen molar-refractivity contribution < 1.29 is 37.9 Å². The Balaban J connectivity index is 3.82. The van der Waals surface area contributed by atoms with Gasteiger partial charge in [-0.05, 0) is 12.8 Å². The minimum absolute atomic E-state index is 0.221. The number of esters is 2. The Kier molecular flexibility index (Phi) is 39.0. The fraction of sp³-hybridized carbons (Fsp3) is 0.953. The highest BCUT2D eigenvalue weighted by molar-refractivity contribution is 7.46. The van der Waals surface area contributed by atoms with Gasteiger partial charge in [-0.1, -0.05) is 219 Å². The summed E-state index contributed by atoms with van der Waals surface area (Å²) >= 11 is 0. The van der Waals surface area contributed by atoms with Crippen molar-refractivity contribution in [2.45, 2.75) is 251 Å². The highest BCUT2D eigenvalue weighted by atomic mass is 31.2. The molecule has 0 aliphatic carbocycles. The minimum atomic E-state index is -4.75. The normalized spacial score (nSPS) is 12.3. The van der Waals surface area contributed by atoms with Crippen LogP contribution >= 0.6 is 7.82 Å². The van der Waals surface area contributed by atoms with Crippen LogP contribution in [0.2, 0.25) is 0 Å². The highest BCUT2D eigenvalue weighted by Gasteiger charge is 2.23. The number of hydrogen-bond donors (Lipinski definition) is 2. The molecular weight excluding hydrogens is 675 g/mol. The van der Waals surface area contributed by atoms with E-state index in [1.165, 1.54) is 180 Å². The fourth-order valence-corrected chi connectivity index (χ4v) is 7.15. The lowest BCUT2D eigenvalue weighted by Crippen LogP contribution is -2.29. The smallest absolute Gasteiger partial charge is 0.462 e. The van der Waals surface area contributed by atoms with E-state index < -0.39 is 32.5 Å². The van der Waals surface area contributed by atoms with Gasteiger partial charge in [0.15, 0.2) is 6.10 Å². The first-order valence-corrected chi connectivity index (χ1v) is 23.9. The van der Waals surface area contributed by atoms with Crippen LogP contribution in [0.25, 0.3) is 0 Å². The zero-order chi connectivity index (χ0) is 38.2. The SMILES string of the molecule is CCCCCCCCCCCCCCCCCCCCCC(=O)O[C@H](COC(=O)CCCCCCCCCCCCCCCCC)COP(=O)(O)O. The molecule has 2 N–H and O–H groups in total. The topological polar surface area (TPSA) is 119 Å². The van der Waals surface area contributed by atoms with E-state index in [2.05, 4.69) is 18.4 Å². The van der Waals surface area contributed by atoms with Crippen molar-refractivity contribution in [2.75, 3.05) is 13.2 Å². The standard InChI is InChI=1S/C43H85O8P/c1-3-5-7-9-11-13-15-17-19-20-21-22-24-26-28-30-32-34-36-38-43(45)51-41(40-50-52(46,47)48)39-49-42(44)37-35-33-31-29-27-25-23-18-16-14-12-10-8-6-4-2/h41H,3-40H2,1-2H3,(H2,46,47,48)/t41-/m1/s1. The maximum Gasteiger partial charge on any atom is 0.469 e. The Labute approximate surface area is 321 Å². The molecule has 0 aliphatic heterocycles. The highest BCUT2D eigenvalue weighted by Crippen LogP contribution is 2.36. The summed E-state index contributed by atoms with van der Waals surface area (Å²) in [4.78, 5) is 42.9. The van der Waals surface area contributed by atoms with Gasteiger partial charge in [0.1, 0.15) is 6.61 Å². The van der Waals surface area contributed by atoms with Gasteiger partial charge in [0.25, 0.3) is 0 Å². The van der Waals surface area contributed by atoms with Crippen molar-refractivity contribution in [3.63, 3.8) is 0 Å². The molecule has 9 heteroatoms. The first-order chi connectivity index (χ1) is 25.3. The molecule has 0 unspecified atom stereocenters. The summed E-state index contributed by atoms with van der Waals surface area (Å²) in [6.07, 6.45) is 42.5. The molecule has 0 bridgehead atoms. The Bertz CT molecular complexity index is 817. The van der Waals surface area contributed by atoms with Crippen LogP contribution in [0.1, 0.15) is 245 Å². The number of carbonyl (C=O) groups is 2. The minimum Gasteiger partial charge on any atom is -0.462 e. The summed E-state index contributed by atoms with van der Waals surface area (Å²) in [7, 11) is -4.75. The second-order valence-electron chi connectivity index (χ2n) is 15.4. The Hall–Kier alpha value is -0.950. The molecule has 0 aliphatic rings. The Morgan fingerprint density at radius 3 is 0.981 bits per heavy atom. The lowest BCUT2D eigenvalue weighted by Gasteiger charge is -2.18. The van der Waals surface area contributed by atoms with Gasteiger partial charge in [0, 0.05) is 12.8 Å². The van der Waals surface area contributed by atoms with Crippen LogP contribution in [-0.2, 0) is 28.2 Å². The molecule has 0 radical (unpaired) electrons. The zero-order valence-corrected chi connectivity index (χ0v) is 35.1. The number of carbonyl (C=O) groups excluding carboxylic acids is 2. The van der Waals surface area contributed by atoms with Crippen LogP contribution in [0.5, 0.6) is 0 Å². The van der Waals surface area contributed by atoms with Gasteiger partial charge in [-0.25, -0.2) is 4.57 Å². The van der Waals surface area contributed by atoms with Gasteiger partial charge in [-0.2, -0.15) is 0 Å². The molecule has 0 aromatic carbocycles. The zero-order valence-electron chi connectivity index (χ0n) is 34.2. The summed E-state index contributed by atoms with van der Waals surface area (Å²) < 4.78 is 26.4. The molecule has 52 heavy (non-hydrogen) atoms. The number of unbranched alkanes of at least 4 members (excludes halogenated alkanes) is 32. The second kappa shape index (κ2) is 39.7. The lowest BCUT2D eigenvalue weighted by atomic mass is 10.0. The fourth-order valence-electron chi connectivity index (χ4n) is 6.79. The average molecular weight is 761 g/mol. The predicted octanol–water partition coefficient (Wildman–Crippen LogP) is 13.6. The average Bonchev–Trinajstić information content (AvgIpc) is 3.11. The molecular formula is C43H85O8P. The summed E-state index contributed by atoms with van der Waals surface area (Å²) in [6.45, 7) is 3.73. The summed E-state index contributed by atoms with van der Waals surface area (Å²) in [6, 6.07) is 0. The van der Waals surface area contributed by atoms with Gasteiger partial charge >= 0.3 is 19.8 Å². The maximum atomic E-state index is 12.4. The van der Waals surface area contributed by atoms with E-state index in [9.17, 15) is 14.2 Å². The van der Waals surface area contributed by atoms with Crippen LogP contribution in [0.15, 0.2) is 0 Å². The van der Waals surface area contributed by atoms with E-state index in [0.29, 0.717) is 6.42 Å². The van der Waals surface area contributed by atoms with Crippen LogP contribution in [-0.4, -0.2) is 41.0 Å². The number of ether oxygens (including phenoxy) is 2. The molecule has 310 valence electrons. The third-order valence-corrected chi connectivity index (χ3v) is 10.6. The van der Waals surface area contributed by atoms with Gasteiger partial charge in [0.2, 0.25) is 0 Å². The van der Waals surface area contributed by atoms with Crippen molar-refractivity contribution >= 4 is 19.8 Å². The number of phosphoric acid groups is 1. The van der Waals surface area contributed by atoms with E-state index in [1.807, 2.05) is 0 Å². The van der Waals surface area contributed by atoms with Crippen molar-refractivity contribution in [1.29, 1.82) is 0 Å². The molecule has 1 atom stereocenters. The predicted molar refractivity (Wildman–Crippen MR) is 216 cm³/mol. The third-order valence-electron chi connectivity index (χ3n) is 10.1. The third kappa shape index (κ3) is 41.8. The molecule has 0 aromatic heterocycles. The lowest BCUT2D eigenvalue weighted by molar-refractivity contribution is -0.161. The van der Waals surface area contributed by atoms with Gasteiger partial charge in [-0.15, -0.1) is 0 Å². The molecule has 0 rings (SSSR count). The van der Waals surface area contributed by atoms with Gasteiger partial charge < -0.3 is 19.3 Å². The number of hydrogen-bond acceptors (Lipinski definition) is 6. The van der Waals surface area contributed by atoms with Crippen molar-refractivity contribution in [1.82, 2.24) is 0 Å². The molecule has 0 fully saturated rings. The van der Waals surface area contributed by atoms with Crippen molar-refractivity contribution in [2.24, 2.45) is 0 Å². The van der Waals surface area contributed by atoms with E-state index in [-0.39, 0.29) is 19.4 Å². The number of rotatable bonds is 42. The number of phosphoric ester groups is 1. The Morgan fingerprint density at radius 2 is 0.692 bits per heavy atom. The Morgan fingerprint density at radius 1 is 0.423 bits per heavy atom. The van der Waals surface area contributed by atoms with E-state index in [4.69, 9.17) is 19.3 Å². The van der Waals surface area contributed by atoms with E-state index in [1.54, 1.807) is 0 Å². The van der Waals surface area contributed by atoms with Crippen LogP contribution < -0.4 is 0 Å². The summed E-state index contributed by atoms with van der Waals surface area (Å²) in [5.41, 5.74) is 0. The van der Waals surface area contributed by atoms with Crippen LogP contribution in [0.3, 0.4) is 0 Å². The second-order valence-corrected chi connectivity index (χ2v) is 16.6. The molecule has 0 spiro atoms. The monoisotopic (exact) mass is 761 g/mol. The van der Waals surface area contributed by atoms with E-state index in [0.717, 1.165) is 32.1 Å². The van der Waals surface area contributed by atoms with Crippen LogP contribution in [0.4, 0.5) is 0 Å². The molecule has 8 nitrogen and oxygen atoms in total. The summed E-state index contributed by atoms with van der Waals surface area (Å²) in [5.74, 6) is -0.865. The molecule has 0 heterocycles. The van der Waals surface area contributed by atoms with Crippen molar-refractivity contribution in [3.8, 4) is 0 Å². The quantitative estimate of drug-likeness (QED) is 0.0358. The molecule has 0 saturated carbocycles. The first-order valence-electron chi connectivity index (χ1n) is 22.3. The van der Waals surface area contributed by atoms with Crippen LogP contribution in [0, 0.1) is 0 Å². The summed E-state index contributed by atoms with van der Waals surface area (Å²) in [5, 5.41) is 0. The van der Waals surface area contributed by atoms with Gasteiger partial charge in [0.05, 0.1) is 6.61 Å². The maximum absolute atomic E-state index is 12.4. The molecule has 0 saturated heterocycles. The van der Waals surface area contributed by atoms with E-state index >= 15 is 0 Å². The molecule has 0 aromatic rings. The first kappa shape index (κ1) is 51.0. The molecule has 0 amide bonds.